The summed E-state index contributed by atoms with van der Waals surface area (Å²) in [6.07, 6.45) is -3.59. The van der Waals surface area contributed by atoms with Crippen molar-refractivity contribution in [3.8, 4) is 5.75 Å². The van der Waals surface area contributed by atoms with Crippen molar-refractivity contribution in [1.29, 1.82) is 0 Å². The van der Waals surface area contributed by atoms with E-state index in [9.17, 15) is 18.0 Å². The highest BCUT2D eigenvalue weighted by molar-refractivity contribution is 9.10. The smallest absolute Gasteiger partial charge is 0.457 e. The summed E-state index contributed by atoms with van der Waals surface area (Å²) in [4.78, 5) is 11.9. The average molecular weight is 429 g/mol. The molecule has 0 atom stereocenters. The van der Waals surface area contributed by atoms with E-state index in [0.717, 1.165) is 6.07 Å². The predicted octanol–water partition coefficient (Wildman–Crippen LogP) is 4.96. The normalized spacial score (nSPS) is 11.3. The molecule has 0 aliphatic carbocycles. The number of carbonyl (C=O) groups excluding carboxylic acids is 1. The number of hydrogen-bond donors (Lipinski definition) is 1. The van der Waals surface area contributed by atoms with E-state index in [4.69, 9.17) is 4.42 Å². The first-order chi connectivity index (χ1) is 9.76. The number of hydrogen-bond acceptors (Lipinski definition) is 3. The number of nitrogens with one attached hydrogen (secondary N) is 1. The van der Waals surface area contributed by atoms with Crippen LogP contribution in [0, 0.1) is 0 Å². The van der Waals surface area contributed by atoms with E-state index < -0.39 is 18.0 Å². The Labute approximate surface area is 133 Å². The molecule has 1 aromatic carbocycles. The molecule has 0 bridgehead atoms. The molecule has 0 aliphatic rings. The summed E-state index contributed by atoms with van der Waals surface area (Å²) in [5.41, 5.74) is 0.0319. The molecule has 1 N–H and O–H groups in total. The fraction of sp³-hybridized carbons (Fsp3) is 0.0833. The zero-order valence-corrected chi connectivity index (χ0v) is 13.2. The molecule has 0 aliphatic heterocycles. The van der Waals surface area contributed by atoms with Gasteiger partial charge in [0, 0.05) is 4.47 Å². The molecule has 4 nitrogen and oxygen atoms in total. The number of alkyl halides is 3. The molecule has 0 spiro atoms. The zero-order valence-electron chi connectivity index (χ0n) is 10.0. The minimum atomic E-state index is -4.86. The molecule has 0 fully saturated rings. The van der Waals surface area contributed by atoms with E-state index in [0.29, 0.717) is 4.47 Å². The van der Waals surface area contributed by atoms with E-state index in [2.05, 4.69) is 41.9 Å². The van der Waals surface area contributed by atoms with Gasteiger partial charge < -0.3 is 14.5 Å². The number of amides is 1. The third-order valence-electron chi connectivity index (χ3n) is 2.28. The molecule has 1 heterocycles. The molecule has 2 aromatic rings. The van der Waals surface area contributed by atoms with Crippen molar-refractivity contribution in [2.45, 2.75) is 6.36 Å². The van der Waals surface area contributed by atoms with Gasteiger partial charge in [-0.15, -0.1) is 13.2 Å². The summed E-state index contributed by atoms with van der Waals surface area (Å²) in [6, 6.07) is 5.25. The van der Waals surface area contributed by atoms with Gasteiger partial charge in [0.1, 0.15) is 0 Å². The number of ether oxygens (including phenoxy) is 1. The fourth-order valence-corrected chi connectivity index (χ4v) is 2.21. The zero-order chi connectivity index (χ0) is 15.6. The van der Waals surface area contributed by atoms with Gasteiger partial charge in [-0.2, -0.15) is 0 Å². The quantitative estimate of drug-likeness (QED) is 0.752. The summed E-state index contributed by atoms with van der Waals surface area (Å²) in [5, 5.41) is 2.33. The number of carbonyl (C=O) groups is 1. The third kappa shape index (κ3) is 4.24. The van der Waals surface area contributed by atoms with Gasteiger partial charge >= 0.3 is 6.36 Å². The van der Waals surface area contributed by atoms with Gasteiger partial charge in [-0.1, -0.05) is 15.9 Å². The van der Waals surface area contributed by atoms with Gasteiger partial charge in [-0.3, -0.25) is 4.79 Å². The molecule has 9 heteroatoms. The van der Waals surface area contributed by atoms with Crippen molar-refractivity contribution in [3.05, 3.63) is 45.2 Å². The Morgan fingerprint density at radius 3 is 2.52 bits per heavy atom. The van der Waals surface area contributed by atoms with Crippen LogP contribution in [0.2, 0.25) is 0 Å². The van der Waals surface area contributed by atoms with E-state index in [-0.39, 0.29) is 15.9 Å². The van der Waals surface area contributed by atoms with Crippen molar-refractivity contribution in [2.24, 2.45) is 0 Å². The highest BCUT2D eigenvalue weighted by Gasteiger charge is 2.32. The molecular weight excluding hydrogens is 423 g/mol. The number of anilines is 1. The lowest BCUT2D eigenvalue weighted by Crippen LogP contribution is -2.19. The van der Waals surface area contributed by atoms with Crippen molar-refractivity contribution in [1.82, 2.24) is 0 Å². The molecule has 21 heavy (non-hydrogen) atoms. The van der Waals surface area contributed by atoms with E-state index in [1.807, 2.05) is 0 Å². The lowest BCUT2D eigenvalue weighted by atomic mass is 10.2. The van der Waals surface area contributed by atoms with Crippen molar-refractivity contribution in [3.63, 3.8) is 0 Å². The highest BCUT2D eigenvalue weighted by atomic mass is 79.9. The molecule has 0 saturated heterocycles. The lowest BCUT2D eigenvalue weighted by Gasteiger charge is -2.14. The Bertz CT molecular complexity index is 670. The maximum Gasteiger partial charge on any atom is 0.573 e. The van der Waals surface area contributed by atoms with Crippen LogP contribution in [0.15, 0.2) is 44.1 Å². The van der Waals surface area contributed by atoms with Crippen LogP contribution in [-0.2, 0) is 0 Å². The Hall–Kier alpha value is -1.48. The van der Waals surface area contributed by atoms with Crippen LogP contribution >= 0.6 is 31.9 Å². The molecule has 0 radical (unpaired) electrons. The maximum absolute atomic E-state index is 12.4. The first-order valence-corrected chi connectivity index (χ1v) is 6.94. The largest absolute Gasteiger partial charge is 0.573 e. The highest BCUT2D eigenvalue weighted by Crippen LogP contribution is 2.33. The third-order valence-corrected chi connectivity index (χ3v) is 3.39. The van der Waals surface area contributed by atoms with Crippen LogP contribution in [0.5, 0.6) is 5.75 Å². The standard InChI is InChI=1S/C12H6Br2F3NO3/c13-6-1-2-8(9(5-6)21-12(15,16)17)18-11(19)7-3-4-20-10(7)14/h1-5H,(H,18,19). The Balaban J connectivity index is 2.27. The second-order valence-electron chi connectivity index (χ2n) is 3.75. The number of furan rings is 1. The Morgan fingerprint density at radius 2 is 1.95 bits per heavy atom. The summed E-state index contributed by atoms with van der Waals surface area (Å²) in [5.74, 6) is -1.16. The predicted molar refractivity (Wildman–Crippen MR) is 75.2 cm³/mol. The van der Waals surface area contributed by atoms with Crippen LogP contribution in [0.25, 0.3) is 0 Å². The summed E-state index contributed by atoms with van der Waals surface area (Å²) < 4.78 is 46.4. The molecule has 0 unspecified atom stereocenters. The monoisotopic (exact) mass is 427 g/mol. The maximum atomic E-state index is 12.4. The molecule has 0 saturated carbocycles. The van der Waals surface area contributed by atoms with Crippen molar-refractivity contribution < 1.29 is 27.1 Å². The Kier molecular flexibility index (Phi) is 4.62. The van der Waals surface area contributed by atoms with Gasteiger partial charge in [-0.25, -0.2) is 0 Å². The number of benzene rings is 1. The summed E-state index contributed by atoms with van der Waals surface area (Å²) >= 11 is 6.05. The van der Waals surface area contributed by atoms with E-state index in [1.165, 1.54) is 24.5 Å². The second-order valence-corrected chi connectivity index (χ2v) is 5.39. The van der Waals surface area contributed by atoms with Crippen LogP contribution in [0.3, 0.4) is 0 Å². The first-order valence-electron chi connectivity index (χ1n) is 5.36. The van der Waals surface area contributed by atoms with Gasteiger partial charge in [-0.05, 0) is 40.2 Å². The average Bonchev–Trinajstić information content (AvgIpc) is 2.77. The Morgan fingerprint density at radius 1 is 1.24 bits per heavy atom. The van der Waals surface area contributed by atoms with E-state index in [1.54, 1.807) is 0 Å². The molecule has 1 amide bonds. The van der Waals surface area contributed by atoms with Crippen LogP contribution in [0.1, 0.15) is 10.4 Å². The van der Waals surface area contributed by atoms with Crippen molar-refractivity contribution in [2.75, 3.05) is 5.32 Å². The fourth-order valence-electron chi connectivity index (χ4n) is 1.45. The van der Waals surface area contributed by atoms with Crippen molar-refractivity contribution >= 4 is 43.5 Å². The minimum Gasteiger partial charge on any atom is -0.457 e. The van der Waals surface area contributed by atoms with Crippen LogP contribution < -0.4 is 10.1 Å². The van der Waals surface area contributed by atoms with Gasteiger partial charge in [0.05, 0.1) is 17.5 Å². The molecular formula is C12H6Br2F3NO3. The van der Waals surface area contributed by atoms with E-state index >= 15 is 0 Å². The molecule has 1 aromatic heterocycles. The summed E-state index contributed by atoms with van der Waals surface area (Å²) in [6.45, 7) is 0. The number of halogens is 5. The van der Waals surface area contributed by atoms with Crippen LogP contribution in [-0.4, -0.2) is 12.3 Å². The lowest BCUT2D eigenvalue weighted by molar-refractivity contribution is -0.274. The van der Waals surface area contributed by atoms with Gasteiger partial charge in [0.2, 0.25) is 0 Å². The summed E-state index contributed by atoms with van der Waals surface area (Å²) in [7, 11) is 0. The molecule has 112 valence electrons. The molecule has 2 rings (SSSR count). The first kappa shape index (κ1) is 15.9. The SMILES string of the molecule is O=C(Nc1ccc(Br)cc1OC(F)(F)F)c1ccoc1Br. The number of rotatable bonds is 3. The van der Waals surface area contributed by atoms with Gasteiger partial charge in [0.25, 0.3) is 5.91 Å². The van der Waals surface area contributed by atoms with Gasteiger partial charge in [0.15, 0.2) is 10.4 Å². The second kappa shape index (κ2) is 6.10. The minimum absolute atomic E-state index is 0.117. The van der Waals surface area contributed by atoms with Crippen LogP contribution in [0.4, 0.5) is 18.9 Å². The topological polar surface area (TPSA) is 51.5 Å².